The van der Waals surface area contributed by atoms with Crippen LogP contribution in [0.4, 0.5) is 17.1 Å². The Morgan fingerprint density at radius 1 is 1.09 bits per heavy atom. The molecule has 0 aliphatic carbocycles. The quantitative estimate of drug-likeness (QED) is 0.111. The van der Waals surface area contributed by atoms with E-state index in [-0.39, 0.29) is 22.3 Å². The molecule has 1 fully saturated rings. The van der Waals surface area contributed by atoms with Crippen LogP contribution in [0.5, 0.6) is 5.75 Å². The molecule has 2 N–H and O–H groups in total. The second-order valence-corrected chi connectivity index (χ2v) is 11.2. The molecule has 5 rings (SSSR count). The smallest absolute Gasteiger partial charge is 0.294 e. The molecule has 2 amide bonds. The Labute approximate surface area is 270 Å². The van der Waals surface area contributed by atoms with Gasteiger partial charge in [0.05, 0.1) is 22.7 Å². The SMILES string of the molecule is CCCC(=N)c1ccc(C(=O)Nc2cc(N3CCN(C(=O)c4c(-c5cccc(OC)c5)noc4C)CC3)c(Cl)cc2[N+](=O)[O-])cc1. The monoisotopic (exact) mass is 644 g/mol. The Kier molecular flexibility index (Phi) is 9.67. The molecule has 0 bridgehead atoms. The number of nitro benzene ring substituents is 1. The predicted molar refractivity (Wildman–Crippen MR) is 176 cm³/mol. The first-order chi connectivity index (χ1) is 22.1. The third-order valence-corrected chi connectivity index (χ3v) is 8.14. The maximum atomic E-state index is 13.7. The van der Waals surface area contributed by atoms with Crippen molar-refractivity contribution in [2.24, 2.45) is 0 Å². The zero-order valence-corrected chi connectivity index (χ0v) is 26.4. The van der Waals surface area contributed by atoms with E-state index in [1.807, 2.05) is 24.0 Å². The van der Waals surface area contributed by atoms with Crippen LogP contribution in [0.3, 0.4) is 0 Å². The van der Waals surface area contributed by atoms with Gasteiger partial charge in [-0.05, 0) is 49.2 Å². The van der Waals surface area contributed by atoms with Crippen molar-refractivity contribution in [3.05, 3.63) is 98.3 Å². The Hall–Kier alpha value is -5.23. The number of halogens is 1. The van der Waals surface area contributed by atoms with E-state index in [1.165, 1.54) is 12.1 Å². The van der Waals surface area contributed by atoms with Crippen LogP contribution in [0.25, 0.3) is 11.3 Å². The van der Waals surface area contributed by atoms with Crippen LogP contribution in [0, 0.1) is 22.4 Å². The lowest BCUT2D eigenvalue weighted by Gasteiger charge is -2.36. The molecule has 1 aliphatic rings. The summed E-state index contributed by atoms with van der Waals surface area (Å²) in [4.78, 5) is 41.7. The first kappa shape index (κ1) is 32.2. The van der Waals surface area contributed by atoms with Gasteiger partial charge in [-0.1, -0.05) is 54.4 Å². The van der Waals surface area contributed by atoms with Crippen LogP contribution >= 0.6 is 11.6 Å². The number of nitro groups is 1. The maximum absolute atomic E-state index is 13.7. The largest absolute Gasteiger partial charge is 0.497 e. The molecule has 13 heteroatoms. The molecule has 1 aliphatic heterocycles. The summed E-state index contributed by atoms with van der Waals surface area (Å²) < 4.78 is 10.7. The average Bonchev–Trinajstić information content (AvgIpc) is 3.46. The van der Waals surface area contributed by atoms with E-state index >= 15 is 0 Å². The normalized spacial score (nSPS) is 13.0. The second kappa shape index (κ2) is 13.8. The van der Waals surface area contributed by atoms with Crippen molar-refractivity contribution in [3.8, 4) is 17.0 Å². The molecule has 0 radical (unpaired) electrons. The minimum atomic E-state index is -0.599. The van der Waals surface area contributed by atoms with Crippen molar-refractivity contribution in [1.82, 2.24) is 10.1 Å². The molecule has 4 aromatic rings. The van der Waals surface area contributed by atoms with Crippen LogP contribution in [-0.4, -0.2) is 65.8 Å². The van der Waals surface area contributed by atoms with Gasteiger partial charge in [0.2, 0.25) is 0 Å². The van der Waals surface area contributed by atoms with Crippen molar-refractivity contribution in [3.63, 3.8) is 0 Å². The minimum Gasteiger partial charge on any atom is -0.497 e. The Balaban J connectivity index is 1.32. The molecule has 0 spiro atoms. The predicted octanol–water partition coefficient (Wildman–Crippen LogP) is 6.60. The molecule has 0 unspecified atom stereocenters. The summed E-state index contributed by atoms with van der Waals surface area (Å²) >= 11 is 6.53. The van der Waals surface area contributed by atoms with Gasteiger partial charge in [-0.3, -0.25) is 19.7 Å². The maximum Gasteiger partial charge on any atom is 0.294 e. The molecule has 2 heterocycles. The van der Waals surface area contributed by atoms with E-state index in [0.717, 1.165) is 6.42 Å². The standard InChI is InChI=1S/C33H33ClN6O6/c1-4-6-26(35)21-9-11-22(12-10-21)32(41)36-27-19-28(25(34)18-29(27)40(43)44)38-13-15-39(16-14-38)33(42)30-20(2)46-37-31(30)23-7-5-8-24(17-23)45-3/h5,7-12,17-19,35H,4,6,13-16H2,1-3H3,(H,36,41). The van der Waals surface area contributed by atoms with E-state index in [4.69, 9.17) is 26.3 Å². The van der Waals surface area contributed by atoms with Gasteiger partial charge in [0.1, 0.15) is 28.5 Å². The van der Waals surface area contributed by atoms with E-state index in [2.05, 4.69) is 10.5 Å². The van der Waals surface area contributed by atoms with E-state index in [0.29, 0.717) is 83.5 Å². The van der Waals surface area contributed by atoms with Gasteiger partial charge < -0.3 is 29.8 Å². The van der Waals surface area contributed by atoms with Gasteiger partial charge in [-0.15, -0.1) is 0 Å². The number of rotatable bonds is 10. The van der Waals surface area contributed by atoms with Gasteiger partial charge in [0.15, 0.2) is 0 Å². The summed E-state index contributed by atoms with van der Waals surface area (Å²) in [6.45, 7) is 5.15. The number of nitrogens with one attached hydrogen (secondary N) is 2. The summed E-state index contributed by atoms with van der Waals surface area (Å²) in [5, 5.41) is 27.0. The van der Waals surface area contributed by atoms with Crippen LogP contribution in [0.15, 0.2) is 65.2 Å². The van der Waals surface area contributed by atoms with Crippen LogP contribution in [0.2, 0.25) is 5.02 Å². The fourth-order valence-electron chi connectivity index (χ4n) is 5.36. The molecular formula is C33H33ClN6O6. The summed E-state index contributed by atoms with van der Waals surface area (Å²) in [6, 6.07) is 16.5. The minimum absolute atomic E-state index is 0.00117. The van der Waals surface area contributed by atoms with Gasteiger partial charge in [0.25, 0.3) is 17.5 Å². The van der Waals surface area contributed by atoms with Gasteiger partial charge in [-0.2, -0.15) is 0 Å². The number of carbonyl (C=O) groups is 2. The molecule has 238 valence electrons. The average molecular weight is 645 g/mol. The lowest BCUT2D eigenvalue weighted by molar-refractivity contribution is -0.383. The number of hydrogen-bond acceptors (Lipinski definition) is 9. The number of anilines is 2. The molecule has 3 aromatic carbocycles. The van der Waals surface area contributed by atoms with Crippen LogP contribution in [-0.2, 0) is 0 Å². The molecular weight excluding hydrogens is 612 g/mol. The lowest BCUT2D eigenvalue weighted by Crippen LogP contribution is -2.49. The van der Waals surface area contributed by atoms with Crippen LogP contribution < -0.4 is 15.0 Å². The second-order valence-electron chi connectivity index (χ2n) is 10.8. The highest BCUT2D eigenvalue weighted by molar-refractivity contribution is 6.33. The molecule has 0 saturated carbocycles. The first-order valence-corrected chi connectivity index (χ1v) is 15.1. The fourth-order valence-corrected chi connectivity index (χ4v) is 5.63. The highest BCUT2D eigenvalue weighted by Gasteiger charge is 2.30. The first-order valence-electron chi connectivity index (χ1n) is 14.7. The van der Waals surface area contributed by atoms with E-state index in [9.17, 15) is 19.7 Å². The zero-order valence-electron chi connectivity index (χ0n) is 25.6. The Morgan fingerprint density at radius 2 is 1.78 bits per heavy atom. The summed E-state index contributed by atoms with van der Waals surface area (Å²) in [6.07, 6.45) is 1.46. The number of carbonyl (C=O) groups excluding carboxylic acids is 2. The number of aryl methyl sites for hydroxylation is 1. The summed E-state index contributed by atoms with van der Waals surface area (Å²) in [7, 11) is 1.56. The van der Waals surface area contributed by atoms with Gasteiger partial charge in [0, 0.05) is 49.1 Å². The molecule has 1 saturated heterocycles. The topological polar surface area (TPSA) is 155 Å². The number of piperazine rings is 1. The van der Waals surface area contributed by atoms with Crippen molar-refractivity contribution in [2.75, 3.05) is 43.5 Å². The molecule has 1 aromatic heterocycles. The third kappa shape index (κ3) is 6.71. The highest BCUT2D eigenvalue weighted by atomic mass is 35.5. The van der Waals surface area contributed by atoms with Gasteiger partial charge >= 0.3 is 0 Å². The number of hydrogen-bond donors (Lipinski definition) is 2. The molecule has 0 atom stereocenters. The number of nitrogens with zero attached hydrogens (tertiary/aromatic N) is 4. The summed E-state index contributed by atoms with van der Waals surface area (Å²) in [5.74, 6) is 0.270. The number of benzene rings is 3. The molecule has 12 nitrogen and oxygen atoms in total. The lowest BCUT2D eigenvalue weighted by atomic mass is 10.0. The van der Waals surface area contributed by atoms with Gasteiger partial charge in [-0.25, -0.2) is 0 Å². The van der Waals surface area contributed by atoms with Crippen molar-refractivity contribution >= 4 is 46.2 Å². The van der Waals surface area contributed by atoms with Crippen LogP contribution in [0.1, 0.15) is 51.8 Å². The number of ether oxygens (including phenoxy) is 1. The highest BCUT2D eigenvalue weighted by Crippen LogP contribution is 2.37. The molecule has 46 heavy (non-hydrogen) atoms. The number of amides is 2. The summed E-state index contributed by atoms with van der Waals surface area (Å²) in [5.41, 5.74) is 3.13. The fraction of sp³-hybridized carbons (Fsp3) is 0.273. The van der Waals surface area contributed by atoms with E-state index < -0.39 is 10.8 Å². The van der Waals surface area contributed by atoms with Crippen molar-refractivity contribution < 1.29 is 23.8 Å². The number of methoxy groups -OCH3 is 1. The Bertz CT molecular complexity index is 1800. The van der Waals surface area contributed by atoms with Crippen molar-refractivity contribution in [1.29, 1.82) is 5.41 Å². The number of aromatic nitrogens is 1. The van der Waals surface area contributed by atoms with E-state index in [1.54, 1.807) is 55.3 Å². The van der Waals surface area contributed by atoms with Crippen molar-refractivity contribution in [2.45, 2.75) is 26.7 Å². The third-order valence-electron chi connectivity index (χ3n) is 7.83. The zero-order chi connectivity index (χ0) is 33.0. The Morgan fingerprint density at radius 3 is 2.43 bits per heavy atom.